The molecule has 0 unspecified atom stereocenters. The number of ether oxygens (including phenoxy) is 1. The van der Waals surface area contributed by atoms with Gasteiger partial charge in [0.1, 0.15) is 6.10 Å². The minimum absolute atomic E-state index is 0.0239. The monoisotopic (exact) mass is 204 g/mol. The second-order valence-electron chi connectivity index (χ2n) is 4.98. The quantitative estimate of drug-likeness (QED) is 0.392. The van der Waals surface area contributed by atoms with Crippen LogP contribution in [0.5, 0.6) is 0 Å². The normalized spacial score (nSPS) is 45.5. The van der Waals surface area contributed by atoms with Crippen molar-refractivity contribution < 1.29 is 9.53 Å². The number of hydrogen-bond acceptors (Lipinski definition) is 2. The average molecular weight is 204 g/mol. The summed E-state index contributed by atoms with van der Waals surface area (Å²) in [7, 11) is 0. The van der Waals surface area contributed by atoms with E-state index in [4.69, 9.17) is 4.74 Å². The minimum Gasteiger partial charge on any atom is -0.455 e. The zero-order valence-electron chi connectivity index (χ0n) is 8.76. The smallest absolute Gasteiger partial charge is 0.330 e. The summed E-state index contributed by atoms with van der Waals surface area (Å²) in [5.74, 6) is 2.63. The van der Waals surface area contributed by atoms with Gasteiger partial charge in [0.2, 0.25) is 0 Å². The molecule has 0 spiro atoms. The highest BCUT2D eigenvalue weighted by molar-refractivity contribution is 5.81. The molecule has 0 aromatic heterocycles. The Kier molecular flexibility index (Phi) is 1.98. The highest BCUT2D eigenvalue weighted by Gasteiger charge is 2.52. The van der Waals surface area contributed by atoms with E-state index in [2.05, 4.69) is 18.7 Å². The molecule has 3 aliphatic carbocycles. The molecule has 2 nitrogen and oxygen atoms in total. The Morgan fingerprint density at radius 2 is 2.13 bits per heavy atom. The number of carbonyl (C=O) groups is 1. The SMILES string of the molecule is C=CC(=O)O[C@@H]1C=C[C@H]2[C@H]3CC[C@@H](C3)[C@@H]21. The summed E-state index contributed by atoms with van der Waals surface area (Å²) in [5.41, 5.74) is 0. The van der Waals surface area contributed by atoms with Crippen molar-refractivity contribution in [3.63, 3.8) is 0 Å². The van der Waals surface area contributed by atoms with E-state index < -0.39 is 0 Å². The molecule has 80 valence electrons. The number of fused-ring (bicyclic) bond motifs is 5. The molecule has 2 heteroatoms. The van der Waals surface area contributed by atoms with Crippen molar-refractivity contribution in [1.82, 2.24) is 0 Å². The molecule has 2 fully saturated rings. The van der Waals surface area contributed by atoms with Crippen molar-refractivity contribution in [3.8, 4) is 0 Å². The van der Waals surface area contributed by atoms with Gasteiger partial charge < -0.3 is 4.74 Å². The number of allylic oxidation sites excluding steroid dienone is 1. The zero-order valence-corrected chi connectivity index (χ0v) is 8.76. The van der Waals surface area contributed by atoms with Gasteiger partial charge in [-0.05, 0) is 43.1 Å². The molecule has 0 aliphatic heterocycles. The van der Waals surface area contributed by atoms with Crippen LogP contribution in [0.25, 0.3) is 0 Å². The van der Waals surface area contributed by atoms with Crippen molar-refractivity contribution >= 4 is 5.97 Å². The molecule has 2 saturated carbocycles. The Bertz CT molecular complexity index is 331. The Balaban J connectivity index is 1.75. The predicted octanol–water partition coefficient (Wildman–Crippen LogP) is 2.32. The largest absolute Gasteiger partial charge is 0.455 e. The fourth-order valence-corrected chi connectivity index (χ4v) is 3.82. The maximum absolute atomic E-state index is 11.2. The van der Waals surface area contributed by atoms with E-state index in [-0.39, 0.29) is 12.1 Å². The third-order valence-electron chi connectivity index (χ3n) is 4.37. The van der Waals surface area contributed by atoms with Crippen LogP contribution in [0.3, 0.4) is 0 Å². The number of rotatable bonds is 2. The van der Waals surface area contributed by atoms with Gasteiger partial charge >= 0.3 is 5.97 Å². The molecule has 2 bridgehead atoms. The third-order valence-corrected chi connectivity index (χ3v) is 4.37. The molecule has 5 atom stereocenters. The van der Waals surface area contributed by atoms with Gasteiger partial charge in [-0.2, -0.15) is 0 Å². The Morgan fingerprint density at radius 3 is 2.93 bits per heavy atom. The summed E-state index contributed by atoms with van der Waals surface area (Å²) < 4.78 is 5.38. The lowest BCUT2D eigenvalue weighted by Gasteiger charge is -2.28. The van der Waals surface area contributed by atoms with Crippen LogP contribution < -0.4 is 0 Å². The van der Waals surface area contributed by atoms with Crippen LogP contribution in [0.4, 0.5) is 0 Å². The summed E-state index contributed by atoms with van der Waals surface area (Å²) in [6.45, 7) is 3.44. The van der Waals surface area contributed by atoms with Crippen LogP contribution in [-0.2, 0) is 9.53 Å². The van der Waals surface area contributed by atoms with Gasteiger partial charge in [0.25, 0.3) is 0 Å². The first-order chi connectivity index (χ1) is 7.29. The summed E-state index contributed by atoms with van der Waals surface area (Å²) in [6, 6.07) is 0. The summed E-state index contributed by atoms with van der Waals surface area (Å²) in [4.78, 5) is 11.2. The molecule has 0 saturated heterocycles. The lowest BCUT2D eigenvalue weighted by atomic mass is 9.80. The number of carbonyl (C=O) groups excluding carboxylic acids is 1. The Morgan fingerprint density at radius 1 is 1.33 bits per heavy atom. The van der Waals surface area contributed by atoms with E-state index in [0.29, 0.717) is 11.8 Å². The first-order valence-electron chi connectivity index (χ1n) is 5.81. The van der Waals surface area contributed by atoms with Crippen LogP contribution >= 0.6 is 0 Å². The van der Waals surface area contributed by atoms with Crippen molar-refractivity contribution in [2.24, 2.45) is 23.7 Å². The molecule has 0 aromatic rings. The van der Waals surface area contributed by atoms with Crippen molar-refractivity contribution in [3.05, 3.63) is 24.8 Å². The van der Waals surface area contributed by atoms with E-state index >= 15 is 0 Å². The van der Waals surface area contributed by atoms with Crippen molar-refractivity contribution in [1.29, 1.82) is 0 Å². The van der Waals surface area contributed by atoms with Gasteiger partial charge in [-0.25, -0.2) is 4.79 Å². The van der Waals surface area contributed by atoms with Crippen LogP contribution in [-0.4, -0.2) is 12.1 Å². The predicted molar refractivity (Wildman–Crippen MR) is 57.0 cm³/mol. The van der Waals surface area contributed by atoms with Gasteiger partial charge in [0.15, 0.2) is 0 Å². The third kappa shape index (κ3) is 1.27. The van der Waals surface area contributed by atoms with Gasteiger partial charge in [-0.15, -0.1) is 0 Å². The second-order valence-corrected chi connectivity index (χ2v) is 4.98. The zero-order chi connectivity index (χ0) is 10.4. The number of esters is 1. The lowest BCUT2D eigenvalue weighted by Crippen LogP contribution is -2.29. The molecule has 0 heterocycles. The van der Waals surface area contributed by atoms with E-state index in [1.54, 1.807) is 0 Å². The van der Waals surface area contributed by atoms with Crippen LogP contribution in [0.15, 0.2) is 24.8 Å². The van der Waals surface area contributed by atoms with Crippen molar-refractivity contribution in [2.75, 3.05) is 0 Å². The lowest BCUT2D eigenvalue weighted by molar-refractivity contribution is -0.143. The number of hydrogen-bond donors (Lipinski definition) is 0. The standard InChI is InChI=1S/C13H16O2/c1-2-12(14)15-11-6-5-10-8-3-4-9(7-8)13(10)11/h2,5-6,8-11,13H,1,3-4,7H2/t8-,9-,10-,11+,13-/m0/s1. The van der Waals surface area contributed by atoms with Crippen LogP contribution in [0, 0.1) is 23.7 Å². The Hall–Kier alpha value is -1.05. The average Bonchev–Trinajstić information content (AvgIpc) is 2.89. The van der Waals surface area contributed by atoms with E-state index in [0.717, 1.165) is 11.8 Å². The van der Waals surface area contributed by atoms with Gasteiger partial charge in [0.05, 0.1) is 0 Å². The molecular formula is C13H16O2. The van der Waals surface area contributed by atoms with E-state index in [1.807, 2.05) is 0 Å². The first-order valence-corrected chi connectivity index (χ1v) is 5.81. The maximum atomic E-state index is 11.2. The maximum Gasteiger partial charge on any atom is 0.330 e. The summed E-state index contributed by atoms with van der Waals surface area (Å²) in [6.07, 6.45) is 9.69. The molecule has 0 N–H and O–H groups in total. The van der Waals surface area contributed by atoms with Crippen LogP contribution in [0.1, 0.15) is 19.3 Å². The highest BCUT2D eigenvalue weighted by atomic mass is 16.5. The van der Waals surface area contributed by atoms with Crippen LogP contribution in [0.2, 0.25) is 0 Å². The van der Waals surface area contributed by atoms with E-state index in [1.165, 1.54) is 25.3 Å². The molecule has 0 aromatic carbocycles. The second kappa shape index (κ2) is 3.22. The molecule has 15 heavy (non-hydrogen) atoms. The summed E-state index contributed by atoms with van der Waals surface area (Å²) in [5, 5.41) is 0. The van der Waals surface area contributed by atoms with Gasteiger partial charge in [0, 0.05) is 12.0 Å². The topological polar surface area (TPSA) is 26.3 Å². The fourth-order valence-electron chi connectivity index (χ4n) is 3.82. The molecular weight excluding hydrogens is 188 g/mol. The summed E-state index contributed by atoms with van der Waals surface area (Å²) >= 11 is 0. The van der Waals surface area contributed by atoms with Crippen molar-refractivity contribution in [2.45, 2.75) is 25.4 Å². The van der Waals surface area contributed by atoms with E-state index in [9.17, 15) is 4.79 Å². The fraction of sp³-hybridized carbons (Fsp3) is 0.615. The molecule has 3 aliphatic rings. The van der Waals surface area contributed by atoms with Gasteiger partial charge in [-0.3, -0.25) is 0 Å². The first kappa shape index (κ1) is 9.20. The highest BCUT2D eigenvalue weighted by Crippen LogP contribution is 2.56. The molecule has 0 amide bonds. The minimum atomic E-state index is -0.284. The Labute approximate surface area is 90.0 Å². The molecule has 0 radical (unpaired) electrons. The van der Waals surface area contributed by atoms with Gasteiger partial charge in [-0.1, -0.05) is 12.7 Å². The molecule has 3 rings (SSSR count).